The molecule has 0 aliphatic carbocycles. The summed E-state index contributed by atoms with van der Waals surface area (Å²) in [6, 6.07) is 0. The van der Waals surface area contributed by atoms with Crippen molar-refractivity contribution in [2.75, 3.05) is 46.8 Å². The van der Waals surface area contributed by atoms with Crippen molar-refractivity contribution in [2.45, 2.75) is 6.92 Å². The molecule has 0 N–H and O–H groups in total. The highest BCUT2D eigenvalue weighted by Gasteiger charge is 1.89. The maximum absolute atomic E-state index is 5.21. The molecule has 0 aromatic carbocycles. The molecule has 0 spiro atoms. The molecule has 0 fully saturated rings. The molecule has 1 radical (unpaired) electrons. The fourth-order valence-corrected chi connectivity index (χ4v) is 0.682. The minimum absolute atomic E-state index is 0.505. The second-order valence-corrected chi connectivity index (χ2v) is 2.29. The summed E-state index contributed by atoms with van der Waals surface area (Å²) in [5.41, 5.74) is 0. The van der Waals surface area contributed by atoms with Gasteiger partial charge in [0, 0.05) is 13.7 Å². The van der Waals surface area contributed by atoms with Crippen LogP contribution in [-0.2, 0) is 18.9 Å². The molecule has 0 amide bonds. The Kier molecular flexibility index (Phi) is 11.7. The topological polar surface area (TPSA) is 36.9 Å². The molecule has 0 bridgehead atoms. The van der Waals surface area contributed by atoms with Crippen LogP contribution in [0.3, 0.4) is 0 Å². The highest BCUT2D eigenvalue weighted by Crippen LogP contribution is 1.83. The van der Waals surface area contributed by atoms with Crippen LogP contribution in [0.4, 0.5) is 0 Å². The average molecular weight is 191 g/mol. The van der Waals surface area contributed by atoms with Gasteiger partial charge in [0.15, 0.2) is 0 Å². The first-order chi connectivity index (χ1) is 6.41. The van der Waals surface area contributed by atoms with E-state index in [1.165, 1.54) is 0 Å². The van der Waals surface area contributed by atoms with Crippen LogP contribution in [0.5, 0.6) is 0 Å². The number of hydrogen-bond donors (Lipinski definition) is 0. The number of methoxy groups -OCH3 is 1. The van der Waals surface area contributed by atoms with Crippen LogP contribution in [0.1, 0.15) is 6.92 Å². The highest BCUT2D eigenvalue weighted by molar-refractivity contribution is 4.43. The number of rotatable bonds is 10. The summed E-state index contributed by atoms with van der Waals surface area (Å²) in [4.78, 5) is 0. The molecule has 0 aliphatic rings. The zero-order valence-electron chi connectivity index (χ0n) is 8.45. The van der Waals surface area contributed by atoms with Crippen molar-refractivity contribution in [1.29, 1.82) is 0 Å². The van der Waals surface area contributed by atoms with E-state index in [9.17, 15) is 0 Å². The zero-order chi connectivity index (χ0) is 9.78. The van der Waals surface area contributed by atoms with E-state index in [1.54, 1.807) is 13.7 Å². The Morgan fingerprint density at radius 2 is 1.54 bits per heavy atom. The van der Waals surface area contributed by atoms with Crippen LogP contribution in [0.25, 0.3) is 0 Å². The van der Waals surface area contributed by atoms with E-state index in [4.69, 9.17) is 18.9 Å². The SMILES string of the molecule is CCOCCOCCOC[CH]OC. The predicted molar refractivity (Wildman–Crippen MR) is 49.4 cm³/mol. The highest BCUT2D eigenvalue weighted by atomic mass is 16.5. The minimum atomic E-state index is 0.505. The summed E-state index contributed by atoms with van der Waals surface area (Å²) in [6.07, 6.45) is 0. The van der Waals surface area contributed by atoms with Gasteiger partial charge in [-0.2, -0.15) is 0 Å². The summed E-state index contributed by atoms with van der Waals surface area (Å²) in [6.45, 7) is 7.28. The fourth-order valence-electron chi connectivity index (χ4n) is 0.682. The maximum Gasteiger partial charge on any atom is 0.109 e. The summed E-state index contributed by atoms with van der Waals surface area (Å²) in [5.74, 6) is 0. The molecule has 0 aliphatic heterocycles. The molecule has 13 heavy (non-hydrogen) atoms. The second-order valence-electron chi connectivity index (χ2n) is 2.29. The smallest absolute Gasteiger partial charge is 0.109 e. The van der Waals surface area contributed by atoms with E-state index in [2.05, 4.69) is 0 Å². The summed E-state index contributed by atoms with van der Waals surface area (Å²) >= 11 is 0. The molecule has 4 nitrogen and oxygen atoms in total. The molecular weight excluding hydrogens is 172 g/mol. The molecule has 0 atom stereocenters. The summed E-state index contributed by atoms with van der Waals surface area (Å²) < 4.78 is 20.1. The average Bonchev–Trinajstić information content (AvgIpc) is 2.16. The van der Waals surface area contributed by atoms with Crippen molar-refractivity contribution in [3.05, 3.63) is 6.61 Å². The van der Waals surface area contributed by atoms with Gasteiger partial charge in [-0.05, 0) is 6.92 Å². The van der Waals surface area contributed by atoms with E-state index in [0.717, 1.165) is 6.61 Å². The Hall–Kier alpha value is -0.160. The van der Waals surface area contributed by atoms with Crippen LogP contribution in [0, 0.1) is 6.61 Å². The van der Waals surface area contributed by atoms with E-state index < -0.39 is 0 Å². The van der Waals surface area contributed by atoms with Gasteiger partial charge in [0.2, 0.25) is 0 Å². The lowest BCUT2D eigenvalue weighted by atomic mass is 10.7. The third-order valence-electron chi connectivity index (χ3n) is 1.30. The van der Waals surface area contributed by atoms with Gasteiger partial charge in [-0.15, -0.1) is 0 Å². The lowest BCUT2D eigenvalue weighted by Crippen LogP contribution is -2.09. The van der Waals surface area contributed by atoms with Crippen LogP contribution in [0.15, 0.2) is 0 Å². The first-order valence-corrected chi connectivity index (χ1v) is 4.49. The van der Waals surface area contributed by atoms with Gasteiger partial charge >= 0.3 is 0 Å². The lowest BCUT2D eigenvalue weighted by molar-refractivity contribution is 0.0144. The molecule has 0 aromatic rings. The van der Waals surface area contributed by atoms with Gasteiger partial charge in [-0.25, -0.2) is 0 Å². The molecule has 0 aromatic heterocycles. The number of hydrogen-bond acceptors (Lipinski definition) is 4. The van der Waals surface area contributed by atoms with Crippen LogP contribution >= 0.6 is 0 Å². The molecule has 0 saturated carbocycles. The van der Waals surface area contributed by atoms with E-state index in [1.807, 2.05) is 6.92 Å². The monoisotopic (exact) mass is 191 g/mol. The predicted octanol–water partition coefficient (Wildman–Crippen LogP) is 0.864. The van der Waals surface area contributed by atoms with Crippen LogP contribution < -0.4 is 0 Å². The van der Waals surface area contributed by atoms with E-state index in [0.29, 0.717) is 33.0 Å². The Morgan fingerprint density at radius 3 is 2.15 bits per heavy atom. The van der Waals surface area contributed by atoms with E-state index in [-0.39, 0.29) is 0 Å². The maximum atomic E-state index is 5.21. The van der Waals surface area contributed by atoms with Gasteiger partial charge in [0.05, 0.1) is 33.0 Å². The fraction of sp³-hybridized carbons (Fsp3) is 0.889. The normalized spacial score (nSPS) is 10.6. The summed E-state index contributed by atoms with van der Waals surface area (Å²) in [7, 11) is 1.60. The third kappa shape index (κ3) is 11.8. The molecule has 4 heteroatoms. The third-order valence-corrected chi connectivity index (χ3v) is 1.30. The molecular formula is C9H19O4. The van der Waals surface area contributed by atoms with Crippen LogP contribution in [-0.4, -0.2) is 46.8 Å². The second kappa shape index (κ2) is 11.8. The van der Waals surface area contributed by atoms with Gasteiger partial charge in [-0.1, -0.05) is 0 Å². The van der Waals surface area contributed by atoms with Gasteiger partial charge in [0.25, 0.3) is 0 Å². The summed E-state index contributed by atoms with van der Waals surface area (Å²) in [5, 5.41) is 0. The Bertz CT molecular complexity index is 77.7. The standard InChI is InChI=1S/C9H19O4/c1-3-11-6-7-13-9-8-12-5-4-10-2/h4H,3,5-9H2,1-2H3. The molecule has 79 valence electrons. The van der Waals surface area contributed by atoms with E-state index >= 15 is 0 Å². The van der Waals surface area contributed by atoms with Crippen molar-refractivity contribution in [3.63, 3.8) is 0 Å². The van der Waals surface area contributed by atoms with Crippen molar-refractivity contribution >= 4 is 0 Å². The molecule has 0 rings (SSSR count). The Balaban J connectivity index is 2.76. The molecule has 0 heterocycles. The Labute approximate surface area is 80.1 Å². The molecule has 0 saturated heterocycles. The van der Waals surface area contributed by atoms with Crippen LogP contribution in [0.2, 0.25) is 0 Å². The molecule has 0 unspecified atom stereocenters. The first-order valence-electron chi connectivity index (χ1n) is 4.49. The largest absolute Gasteiger partial charge is 0.379 e. The Morgan fingerprint density at radius 1 is 0.923 bits per heavy atom. The van der Waals surface area contributed by atoms with Crippen molar-refractivity contribution in [2.24, 2.45) is 0 Å². The quantitative estimate of drug-likeness (QED) is 0.480. The first kappa shape index (κ1) is 12.8. The van der Waals surface area contributed by atoms with Gasteiger partial charge < -0.3 is 18.9 Å². The van der Waals surface area contributed by atoms with Gasteiger partial charge in [-0.3, -0.25) is 0 Å². The number of ether oxygens (including phenoxy) is 4. The lowest BCUT2D eigenvalue weighted by Gasteiger charge is -2.04. The zero-order valence-corrected chi connectivity index (χ0v) is 8.45. The van der Waals surface area contributed by atoms with Gasteiger partial charge in [0.1, 0.15) is 6.61 Å². The minimum Gasteiger partial charge on any atom is -0.379 e. The van der Waals surface area contributed by atoms with Crippen molar-refractivity contribution in [1.82, 2.24) is 0 Å². The van der Waals surface area contributed by atoms with Crippen molar-refractivity contribution < 1.29 is 18.9 Å². The van der Waals surface area contributed by atoms with Crippen molar-refractivity contribution in [3.8, 4) is 0 Å².